The van der Waals surface area contributed by atoms with Crippen molar-refractivity contribution >= 4 is 0 Å². The van der Waals surface area contributed by atoms with Crippen LogP contribution in [0.25, 0.3) is 0 Å². The molecular formula is C26H52N6O12. The second kappa shape index (κ2) is 15.9. The first-order valence-corrected chi connectivity index (χ1v) is 15.2. The molecule has 0 unspecified atom stereocenters. The van der Waals surface area contributed by atoms with Gasteiger partial charge in [0.25, 0.3) is 0 Å². The van der Waals surface area contributed by atoms with Crippen LogP contribution in [-0.4, -0.2) is 168 Å². The number of hydrogen-bond donors (Lipinski definition) is 12. The smallest absolute Gasteiger partial charge is 0.187 e. The van der Waals surface area contributed by atoms with Crippen molar-refractivity contribution in [2.75, 3.05) is 32.8 Å². The summed E-state index contributed by atoms with van der Waals surface area (Å²) in [6.45, 7) is 1.48. The van der Waals surface area contributed by atoms with Gasteiger partial charge in [-0.1, -0.05) is 6.92 Å². The Labute approximate surface area is 256 Å². The summed E-state index contributed by atoms with van der Waals surface area (Å²) in [7, 11) is 0. The zero-order chi connectivity index (χ0) is 32.3. The molecule has 0 aromatic carbocycles. The van der Waals surface area contributed by atoms with Gasteiger partial charge in [-0.25, -0.2) is 0 Å². The maximum absolute atomic E-state index is 11.4. The molecule has 0 bridgehead atoms. The molecule has 4 fully saturated rings. The highest BCUT2D eigenvalue weighted by atomic mass is 16.8. The fourth-order valence-corrected chi connectivity index (χ4v) is 6.41. The van der Waals surface area contributed by atoms with Crippen molar-refractivity contribution in [1.29, 1.82) is 0 Å². The summed E-state index contributed by atoms with van der Waals surface area (Å²) in [5.41, 5.74) is 30.4. The summed E-state index contributed by atoms with van der Waals surface area (Å²) >= 11 is 0. The first-order chi connectivity index (χ1) is 20.9. The Morgan fingerprint density at radius 3 is 1.93 bits per heavy atom. The highest BCUT2D eigenvalue weighted by Gasteiger charge is 2.54. The molecule has 3 saturated heterocycles. The molecule has 18 nitrogen and oxygen atoms in total. The van der Waals surface area contributed by atoms with E-state index in [2.05, 4.69) is 5.32 Å². The third kappa shape index (κ3) is 7.70. The van der Waals surface area contributed by atoms with E-state index >= 15 is 0 Å². The molecule has 0 radical (unpaired) electrons. The van der Waals surface area contributed by atoms with Gasteiger partial charge in [0, 0.05) is 31.7 Å². The monoisotopic (exact) mass is 640 g/mol. The van der Waals surface area contributed by atoms with Crippen molar-refractivity contribution in [3.8, 4) is 0 Å². The van der Waals surface area contributed by atoms with Crippen LogP contribution in [0, 0.1) is 5.92 Å². The highest BCUT2D eigenvalue weighted by molar-refractivity contribution is 5.02. The molecule has 17 N–H and O–H groups in total. The Kier molecular flexibility index (Phi) is 13.1. The fourth-order valence-electron chi connectivity index (χ4n) is 6.41. The quantitative estimate of drug-likeness (QED) is 0.0942. The van der Waals surface area contributed by atoms with Crippen LogP contribution in [0.1, 0.15) is 19.8 Å². The number of ether oxygens (including phenoxy) is 6. The van der Waals surface area contributed by atoms with Crippen molar-refractivity contribution < 1.29 is 59.1 Å². The van der Waals surface area contributed by atoms with Crippen LogP contribution < -0.4 is 34.0 Å². The van der Waals surface area contributed by atoms with Crippen LogP contribution in [0.2, 0.25) is 0 Å². The third-order valence-corrected chi connectivity index (χ3v) is 9.03. The van der Waals surface area contributed by atoms with Crippen LogP contribution in [-0.2, 0) is 28.4 Å². The SMILES string of the molecule is C[C@H]1C[C@@H](N)[C@@H](O[C@H]2[C@H](O[C@@H]3O[C@H](CO)[C@@H](O[C@H]4O[C@@H](CN)[C@@H](O)[C@H](O)[C@H]4N)[C@H]3O)[C@@H](O)[C@H](NCCO)C[C@@H]2N)O[C@@H]1CN. The van der Waals surface area contributed by atoms with Gasteiger partial charge in [-0.15, -0.1) is 0 Å². The van der Waals surface area contributed by atoms with E-state index in [1.165, 1.54) is 0 Å². The topological polar surface area (TPSA) is 319 Å². The molecule has 18 heteroatoms. The van der Waals surface area contributed by atoms with Crippen molar-refractivity contribution in [2.24, 2.45) is 34.6 Å². The Hall–Kier alpha value is -0.720. The molecule has 4 aliphatic rings. The summed E-state index contributed by atoms with van der Waals surface area (Å²) in [6.07, 6.45) is -14.3. The van der Waals surface area contributed by atoms with Crippen molar-refractivity contribution in [3.63, 3.8) is 0 Å². The molecule has 0 aromatic rings. The second-order valence-corrected chi connectivity index (χ2v) is 12.2. The lowest BCUT2D eigenvalue weighted by molar-refractivity contribution is -0.293. The van der Waals surface area contributed by atoms with E-state index in [0.717, 1.165) is 0 Å². The van der Waals surface area contributed by atoms with E-state index in [0.29, 0.717) is 6.42 Å². The summed E-state index contributed by atoms with van der Waals surface area (Å²) < 4.78 is 35.8. The molecule has 0 spiro atoms. The summed E-state index contributed by atoms with van der Waals surface area (Å²) in [5.74, 6) is 0.0970. The lowest BCUT2D eigenvalue weighted by Gasteiger charge is -2.47. The molecule has 0 aromatic heterocycles. The van der Waals surface area contributed by atoms with Crippen LogP contribution in [0.4, 0.5) is 0 Å². The molecular weight excluding hydrogens is 588 g/mol. The van der Waals surface area contributed by atoms with Gasteiger partial charge in [-0.3, -0.25) is 0 Å². The third-order valence-electron chi connectivity index (χ3n) is 9.03. The Balaban J connectivity index is 1.52. The van der Waals surface area contributed by atoms with Gasteiger partial charge < -0.3 is 93.0 Å². The molecule has 44 heavy (non-hydrogen) atoms. The van der Waals surface area contributed by atoms with Gasteiger partial charge in [-0.2, -0.15) is 0 Å². The zero-order valence-electron chi connectivity index (χ0n) is 24.9. The van der Waals surface area contributed by atoms with Gasteiger partial charge in [0.1, 0.15) is 48.8 Å². The Bertz CT molecular complexity index is 885. The van der Waals surface area contributed by atoms with Crippen molar-refractivity contribution in [2.45, 2.75) is 124 Å². The molecule has 258 valence electrons. The van der Waals surface area contributed by atoms with E-state index < -0.39 is 105 Å². The second-order valence-electron chi connectivity index (χ2n) is 12.2. The molecule has 18 atom stereocenters. The number of nitrogens with two attached hydrogens (primary N) is 5. The Morgan fingerprint density at radius 2 is 1.30 bits per heavy atom. The normalized spacial score (nSPS) is 50.2. The predicted octanol–water partition coefficient (Wildman–Crippen LogP) is -6.97. The minimum atomic E-state index is -1.55. The van der Waals surface area contributed by atoms with E-state index in [9.17, 15) is 30.6 Å². The first-order valence-electron chi connectivity index (χ1n) is 15.2. The molecule has 1 aliphatic carbocycles. The van der Waals surface area contributed by atoms with E-state index in [-0.39, 0.29) is 44.7 Å². The van der Waals surface area contributed by atoms with Gasteiger partial charge in [0.2, 0.25) is 0 Å². The number of rotatable bonds is 12. The van der Waals surface area contributed by atoms with Gasteiger partial charge in [0.15, 0.2) is 18.9 Å². The molecule has 1 saturated carbocycles. The van der Waals surface area contributed by atoms with Gasteiger partial charge in [-0.05, 0) is 18.8 Å². The molecule has 3 aliphatic heterocycles. The average molecular weight is 641 g/mol. The van der Waals surface area contributed by atoms with E-state index in [1.54, 1.807) is 0 Å². The zero-order valence-corrected chi connectivity index (χ0v) is 24.9. The summed E-state index contributed by atoms with van der Waals surface area (Å²) in [6, 6.07) is -3.05. The Morgan fingerprint density at radius 1 is 0.682 bits per heavy atom. The van der Waals surface area contributed by atoms with Crippen molar-refractivity contribution in [3.05, 3.63) is 0 Å². The van der Waals surface area contributed by atoms with Gasteiger partial charge >= 0.3 is 0 Å². The number of aliphatic hydroxyl groups is 6. The number of nitrogens with one attached hydrogen (secondary N) is 1. The van der Waals surface area contributed by atoms with Gasteiger partial charge in [0.05, 0.1) is 37.5 Å². The maximum atomic E-state index is 11.4. The molecule has 0 amide bonds. The minimum Gasteiger partial charge on any atom is -0.395 e. The maximum Gasteiger partial charge on any atom is 0.187 e. The van der Waals surface area contributed by atoms with E-state index in [4.69, 9.17) is 57.1 Å². The summed E-state index contributed by atoms with van der Waals surface area (Å²) in [5, 5.41) is 65.6. The first kappa shape index (κ1) is 36.1. The predicted molar refractivity (Wildman–Crippen MR) is 151 cm³/mol. The summed E-state index contributed by atoms with van der Waals surface area (Å²) in [4.78, 5) is 0. The highest BCUT2D eigenvalue weighted by Crippen LogP contribution is 2.35. The lowest BCUT2D eigenvalue weighted by atomic mass is 9.83. The lowest BCUT2D eigenvalue weighted by Crippen LogP contribution is -2.66. The number of aliphatic hydroxyl groups excluding tert-OH is 6. The molecule has 4 rings (SSSR count). The fraction of sp³-hybridized carbons (Fsp3) is 1.00. The van der Waals surface area contributed by atoms with Crippen LogP contribution in [0.5, 0.6) is 0 Å². The standard InChI is InChI=1S/C26H52N6O12/c1-9-4-11(30)24(39-13(9)6-27)42-21-10(29)5-12(32-2-3-33)17(35)23(21)44-26-20(38)22(15(8-34)41-26)43-25-16(31)19(37)18(36)14(7-28)40-25/h9-26,32-38H,2-8,27-31H2,1H3/t9-,10-,11+,12+,13+,14-,15+,16+,17-,18+,19+,20+,21+,22+,23+,24+,25+,26-/m0/s1. The minimum absolute atomic E-state index is 0.0970. The van der Waals surface area contributed by atoms with Crippen molar-refractivity contribution in [1.82, 2.24) is 5.32 Å². The van der Waals surface area contributed by atoms with Crippen LogP contribution in [0.15, 0.2) is 0 Å². The average Bonchev–Trinajstić information content (AvgIpc) is 3.30. The van der Waals surface area contributed by atoms with E-state index in [1.807, 2.05) is 6.92 Å². The largest absolute Gasteiger partial charge is 0.395 e. The van der Waals surface area contributed by atoms with Crippen LogP contribution >= 0.6 is 0 Å². The van der Waals surface area contributed by atoms with Crippen LogP contribution in [0.3, 0.4) is 0 Å². The molecule has 3 heterocycles. The number of hydrogen-bond acceptors (Lipinski definition) is 18.